The molecule has 2 aromatic carbocycles. The number of carbonyl (C=O) groups excluding carboxylic acids is 1. The molecule has 0 saturated heterocycles. The molecule has 0 aliphatic heterocycles. The number of methoxy groups -OCH3 is 1. The number of anilines is 1. The van der Waals surface area contributed by atoms with E-state index in [1.807, 2.05) is 0 Å². The summed E-state index contributed by atoms with van der Waals surface area (Å²) < 4.78 is 32.8. The Labute approximate surface area is 165 Å². The number of aryl methyl sites for hydroxylation is 1. The van der Waals surface area contributed by atoms with Crippen molar-refractivity contribution in [2.24, 2.45) is 0 Å². The number of carbonyl (C=O) groups is 1. The molecule has 0 aliphatic carbocycles. The predicted octanol–water partition coefficient (Wildman–Crippen LogP) is 2.23. The number of nitrogens with one attached hydrogen (secondary N) is 2. The number of ether oxygens (including phenoxy) is 1. The lowest BCUT2D eigenvalue weighted by Crippen LogP contribution is -2.46. The van der Waals surface area contributed by atoms with Crippen LogP contribution in [0.15, 0.2) is 47.4 Å². The van der Waals surface area contributed by atoms with Crippen LogP contribution in [0.1, 0.15) is 25.0 Å². The average molecular weight is 407 g/mol. The van der Waals surface area contributed by atoms with E-state index in [2.05, 4.69) is 10.0 Å². The molecule has 0 bridgehead atoms. The molecule has 0 fully saturated rings. The van der Waals surface area contributed by atoms with E-state index in [0.717, 1.165) is 11.1 Å². The maximum absolute atomic E-state index is 12.6. The quantitative estimate of drug-likeness (QED) is 0.624. The zero-order valence-electron chi connectivity index (χ0n) is 16.4. The number of hydrogen-bond donors (Lipinski definition) is 3. The molecule has 2 rings (SSSR count). The van der Waals surface area contributed by atoms with Gasteiger partial charge in [-0.3, -0.25) is 9.52 Å². The third-order valence-corrected chi connectivity index (χ3v) is 5.50. The Morgan fingerprint density at radius 2 is 1.79 bits per heavy atom. The molecule has 0 aromatic heterocycles. The van der Waals surface area contributed by atoms with Crippen LogP contribution in [0.4, 0.5) is 5.69 Å². The van der Waals surface area contributed by atoms with Crippen LogP contribution in [0.2, 0.25) is 0 Å². The number of aliphatic hydroxyl groups is 1. The van der Waals surface area contributed by atoms with Gasteiger partial charge in [0.05, 0.1) is 30.6 Å². The van der Waals surface area contributed by atoms with E-state index >= 15 is 0 Å². The van der Waals surface area contributed by atoms with Crippen LogP contribution in [0.5, 0.6) is 5.75 Å². The van der Waals surface area contributed by atoms with Crippen molar-refractivity contribution in [3.8, 4) is 5.75 Å². The Morgan fingerprint density at radius 3 is 2.32 bits per heavy atom. The molecule has 0 unspecified atom stereocenters. The van der Waals surface area contributed by atoms with Crippen LogP contribution in [-0.2, 0) is 21.2 Å². The first-order valence-electron chi connectivity index (χ1n) is 8.74. The Hall–Kier alpha value is -2.58. The molecule has 2 aromatic rings. The van der Waals surface area contributed by atoms with Crippen molar-refractivity contribution in [1.82, 2.24) is 5.32 Å². The van der Waals surface area contributed by atoms with Crippen LogP contribution >= 0.6 is 0 Å². The van der Waals surface area contributed by atoms with E-state index in [0.29, 0.717) is 11.4 Å². The van der Waals surface area contributed by atoms with Crippen LogP contribution < -0.4 is 14.8 Å². The fourth-order valence-corrected chi connectivity index (χ4v) is 3.71. The molecule has 0 heterocycles. The van der Waals surface area contributed by atoms with Crippen molar-refractivity contribution in [2.75, 3.05) is 18.4 Å². The van der Waals surface area contributed by atoms with E-state index in [1.54, 1.807) is 57.2 Å². The molecule has 0 aliphatic rings. The second kappa shape index (κ2) is 8.62. The maximum Gasteiger partial charge on any atom is 0.261 e. The summed E-state index contributed by atoms with van der Waals surface area (Å²) in [6.45, 7) is 5.06. The van der Waals surface area contributed by atoms with Gasteiger partial charge in [0.2, 0.25) is 5.91 Å². The monoisotopic (exact) mass is 406 g/mol. The number of aliphatic hydroxyl groups excluding tert-OH is 1. The van der Waals surface area contributed by atoms with Gasteiger partial charge in [0.1, 0.15) is 5.75 Å². The van der Waals surface area contributed by atoms with Gasteiger partial charge >= 0.3 is 0 Å². The van der Waals surface area contributed by atoms with Gasteiger partial charge in [-0.2, -0.15) is 0 Å². The lowest BCUT2D eigenvalue weighted by atomic mass is 10.1. The Balaban J connectivity index is 2.07. The van der Waals surface area contributed by atoms with Crippen molar-refractivity contribution >= 4 is 21.6 Å². The molecule has 28 heavy (non-hydrogen) atoms. The first-order chi connectivity index (χ1) is 13.1. The van der Waals surface area contributed by atoms with E-state index in [9.17, 15) is 18.3 Å². The lowest BCUT2D eigenvalue weighted by molar-refractivity contribution is -0.122. The smallest absolute Gasteiger partial charge is 0.261 e. The molecular formula is C20H26N2O5S. The van der Waals surface area contributed by atoms with E-state index in [1.165, 1.54) is 13.2 Å². The van der Waals surface area contributed by atoms with Gasteiger partial charge in [0.15, 0.2) is 0 Å². The van der Waals surface area contributed by atoms with Gasteiger partial charge in [0, 0.05) is 5.69 Å². The van der Waals surface area contributed by atoms with Crippen molar-refractivity contribution in [1.29, 1.82) is 0 Å². The first kappa shape index (κ1) is 21.7. The molecule has 0 atom stereocenters. The average Bonchev–Trinajstić information content (AvgIpc) is 2.62. The van der Waals surface area contributed by atoms with Crippen LogP contribution in [0.25, 0.3) is 0 Å². The molecule has 3 N–H and O–H groups in total. The summed E-state index contributed by atoms with van der Waals surface area (Å²) in [5, 5.41) is 11.9. The van der Waals surface area contributed by atoms with Crippen LogP contribution in [0, 0.1) is 6.92 Å². The second-order valence-corrected chi connectivity index (χ2v) is 8.88. The molecule has 0 spiro atoms. The Kier molecular flexibility index (Phi) is 6.69. The molecule has 7 nitrogen and oxygen atoms in total. The van der Waals surface area contributed by atoms with Gasteiger partial charge in [-0.25, -0.2) is 8.42 Å². The summed E-state index contributed by atoms with van der Waals surface area (Å²) in [5.74, 6) is 0.395. The number of sulfonamides is 1. The first-order valence-corrected chi connectivity index (χ1v) is 10.2. The zero-order chi connectivity index (χ0) is 20.9. The molecule has 152 valence electrons. The summed E-state index contributed by atoms with van der Waals surface area (Å²) in [6, 6.07) is 11.2. The summed E-state index contributed by atoms with van der Waals surface area (Å²) in [7, 11) is -2.21. The standard InChI is InChI=1S/C20H26N2O5S/c1-14-11-17(9-10-18(14)27-4)28(25,26)22-16-7-5-15(6-8-16)12-19(24)21-20(2,3)13-23/h5-11,22-23H,12-13H2,1-4H3,(H,21,24). The predicted molar refractivity (Wildman–Crippen MR) is 108 cm³/mol. The highest BCUT2D eigenvalue weighted by atomic mass is 32.2. The normalized spacial score (nSPS) is 11.8. The number of rotatable bonds is 8. The zero-order valence-corrected chi connectivity index (χ0v) is 17.3. The molecule has 0 radical (unpaired) electrons. The molecule has 1 amide bonds. The van der Waals surface area contributed by atoms with E-state index in [4.69, 9.17) is 4.74 Å². The van der Waals surface area contributed by atoms with Crippen molar-refractivity contribution in [3.05, 3.63) is 53.6 Å². The van der Waals surface area contributed by atoms with Gasteiger partial charge < -0.3 is 15.2 Å². The summed E-state index contributed by atoms with van der Waals surface area (Å²) in [5.41, 5.74) is 1.16. The topological polar surface area (TPSA) is 105 Å². The van der Waals surface area contributed by atoms with E-state index in [-0.39, 0.29) is 23.8 Å². The maximum atomic E-state index is 12.6. The van der Waals surface area contributed by atoms with Crippen LogP contribution in [-0.4, -0.2) is 38.7 Å². The Morgan fingerprint density at radius 1 is 1.14 bits per heavy atom. The van der Waals surface area contributed by atoms with Crippen molar-refractivity contribution in [3.63, 3.8) is 0 Å². The molecule has 8 heteroatoms. The molecule has 0 saturated carbocycles. The highest BCUT2D eigenvalue weighted by molar-refractivity contribution is 7.92. The van der Waals surface area contributed by atoms with Gasteiger partial charge in [-0.15, -0.1) is 0 Å². The van der Waals surface area contributed by atoms with Crippen molar-refractivity contribution in [2.45, 2.75) is 37.6 Å². The minimum atomic E-state index is -3.74. The highest BCUT2D eigenvalue weighted by Crippen LogP contribution is 2.23. The van der Waals surface area contributed by atoms with Gasteiger partial charge in [-0.1, -0.05) is 12.1 Å². The highest BCUT2D eigenvalue weighted by Gasteiger charge is 2.19. The van der Waals surface area contributed by atoms with Gasteiger partial charge in [-0.05, 0) is 62.2 Å². The second-order valence-electron chi connectivity index (χ2n) is 7.20. The minimum Gasteiger partial charge on any atom is -0.496 e. The number of amides is 1. The minimum absolute atomic E-state index is 0.133. The van der Waals surface area contributed by atoms with Crippen LogP contribution in [0.3, 0.4) is 0 Å². The summed E-state index contributed by atoms with van der Waals surface area (Å²) >= 11 is 0. The molecular weight excluding hydrogens is 380 g/mol. The van der Waals surface area contributed by atoms with Gasteiger partial charge in [0.25, 0.3) is 10.0 Å². The Bertz CT molecular complexity index is 938. The lowest BCUT2D eigenvalue weighted by Gasteiger charge is -2.23. The fourth-order valence-electron chi connectivity index (χ4n) is 2.57. The third kappa shape index (κ3) is 5.71. The number of benzene rings is 2. The SMILES string of the molecule is COc1ccc(S(=O)(=O)Nc2ccc(CC(=O)NC(C)(C)CO)cc2)cc1C. The largest absolute Gasteiger partial charge is 0.496 e. The summed E-state index contributed by atoms with van der Waals surface area (Å²) in [4.78, 5) is 12.2. The number of hydrogen-bond acceptors (Lipinski definition) is 5. The van der Waals surface area contributed by atoms with E-state index < -0.39 is 15.6 Å². The fraction of sp³-hybridized carbons (Fsp3) is 0.350. The summed E-state index contributed by atoms with van der Waals surface area (Å²) in [6.07, 6.45) is 0.133. The third-order valence-electron chi connectivity index (χ3n) is 4.12. The van der Waals surface area contributed by atoms with Crippen molar-refractivity contribution < 1.29 is 23.1 Å².